The largest absolute Gasteiger partial charge is 0.335 e. The molecule has 2 aromatic rings. The van der Waals surface area contributed by atoms with Gasteiger partial charge in [0.2, 0.25) is 5.91 Å². The van der Waals surface area contributed by atoms with Crippen LogP contribution >= 0.6 is 27.7 Å². The maximum atomic E-state index is 12.6. The van der Waals surface area contributed by atoms with Crippen LogP contribution in [-0.4, -0.2) is 22.6 Å². The van der Waals surface area contributed by atoms with Crippen molar-refractivity contribution in [3.05, 3.63) is 64.6 Å². The molecule has 2 aromatic carbocycles. The van der Waals surface area contributed by atoms with Crippen molar-refractivity contribution in [3.8, 4) is 0 Å². The summed E-state index contributed by atoms with van der Waals surface area (Å²) in [7, 11) is 0. The Hall–Kier alpha value is -1.26. The molecule has 0 saturated heterocycles. The van der Waals surface area contributed by atoms with E-state index in [1.54, 1.807) is 11.8 Å². The molecule has 22 heavy (non-hydrogen) atoms. The van der Waals surface area contributed by atoms with Gasteiger partial charge in [-0.25, -0.2) is 0 Å². The summed E-state index contributed by atoms with van der Waals surface area (Å²) in [5, 5.41) is 0. The summed E-state index contributed by atoms with van der Waals surface area (Å²) in [5.74, 6) is 0.741. The topological polar surface area (TPSA) is 20.3 Å². The molecule has 4 heteroatoms. The van der Waals surface area contributed by atoms with Crippen LogP contribution in [0.15, 0.2) is 64.0 Å². The fourth-order valence-electron chi connectivity index (χ4n) is 2.38. The van der Waals surface area contributed by atoms with Gasteiger partial charge in [0, 0.05) is 22.0 Å². The van der Waals surface area contributed by atoms with E-state index in [9.17, 15) is 4.79 Å². The lowest BCUT2D eigenvalue weighted by molar-refractivity contribution is -0.129. The molecule has 0 heterocycles. The van der Waals surface area contributed by atoms with Crippen LogP contribution in [0, 0.1) is 0 Å². The van der Waals surface area contributed by atoms with E-state index in [4.69, 9.17) is 0 Å². The quantitative estimate of drug-likeness (QED) is 0.680. The monoisotopic (exact) mass is 375 g/mol. The van der Waals surface area contributed by atoms with E-state index in [-0.39, 0.29) is 5.91 Å². The van der Waals surface area contributed by atoms with Crippen molar-refractivity contribution in [2.24, 2.45) is 0 Å². The first-order valence-electron chi connectivity index (χ1n) is 7.44. The Kier molecular flexibility index (Phi) is 5.21. The van der Waals surface area contributed by atoms with Gasteiger partial charge in [0.05, 0.1) is 5.75 Å². The minimum Gasteiger partial charge on any atom is -0.335 e. The van der Waals surface area contributed by atoms with Gasteiger partial charge >= 0.3 is 0 Å². The minimum atomic E-state index is 0.233. The number of hydrogen-bond acceptors (Lipinski definition) is 2. The van der Waals surface area contributed by atoms with Gasteiger partial charge in [-0.2, -0.15) is 0 Å². The molecule has 1 saturated carbocycles. The molecule has 114 valence electrons. The Balaban J connectivity index is 1.62. The third-order valence-electron chi connectivity index (χ3n) is 3.66. The molecule has 1 fully saturated rings. The van der Waals surface area contributed by atoms with E-state index in [1.165, 1.54) is 5.56 Å². The number of benzene rings is 2. The molecule has 0 aromatic heterocycles. The van der Waals surface area contributed by atoms with E-state index in [0.717, 1.165) is 22.2 Å². The maximum absolute atomic E-state index is 12.6. The number of amides is 1. The lowest BCUT2D eigenvalue weighted by Gasteiger charge is -2.22. The fourth-order valence-corrected chi connectivity index (χ4v) is 3.64. The van der Waals surface area contributed by atoms with Gasteiger partial charge in [-0.05, 0) is 42.7 Å². The van der Waals surface area contributed by atoms with Gasteiger partial charge in [0.25, 0.3) is 0 Å². The molecular formula is C18H18BrNOS. The van der Waals surface area contributed by atoms with Crippen LogP contribution < -0.4 is 0 Å². The molecule has 0 spiro atoms. The fraction of sp³-hybridized carbons (Fsp3) is 0.278. The van der Waals surface area contributed by atoms with Crippen molar-refractivity contribution in [1.29, 1.82) is 0 Å². The van der Waals surface area contributed by atoms with Crippen LogP contribution in [0.1, 0.15) is 18.4 Å². The SMILES string of the molecule is O=C(CSc1ccccc1)N(Cc1cccc(Br)c1)C1CC1. The lowest BCUT2D eigenvalue weighted by Crippen LogP contribution is -2.33. The van der Waals surface area contributed by atoms with Crippen molar-refractivity contribution >= 4 is 33.6 Å². The number of nitrogens with zero attached hydrogens (tertiary/aromatic N) is 1. The molecule has 0 atom stereocenters. The van der Waals surface area contributed by atoms with Crippen LogP contribution in [-0.2, 0) is 11.3 Å². The summed E-state index contributed by atoms with van der Waals surface area (Å²) in [6, 6.07) is 18.7. The molecule has 0 unspecified atom stereocenters. The van der Waals surface area contributed by atoms with E-state index >= 15 is 0 Å². The maximum Gasteiger partial charge on any atom is 0.233 e. The van der Waals surface area contributed by atoms with Crippen molar-refractivity contribution in [2.45, 2.75) is 30.3 Å². The summed E-state index contributed by atoms with van der Waals surface area (Å²) < 4.78 is 1.06. The van der Waals surface area contributed by atoms with Crippen molar-refractivity contribution < 1.29 is 4.79 Å². The van der Waals surface area contributed by atoms with Gasteiger partial charge in [0.15, 0.2) is 0 Å². The smallest absolute Gasteiger partial charge is 0.233 e. The number of carbonyl (C=O) groups is 1. The molecule has 1 amide bonds. The van der Waals surface area contributed by atoms with Gasteiger partial charge in [-0.15, -0.1) is 11.8 Å². The van der Waals surface area contributed by atoms with Crippen molar-refractivity contribution in [3.63, 3.8) is 0 Å². The van der Waals surface area contributed by atoms with Crippen LogP contribution in [0.3, 0.4) is 0 Å². The van der Waals surface area contributed by atoms with Crippen LogP contribution in [0.25, 0.3) is 0 Å². The molecule has 1 aliphatic carbocycles. The highest BCUT2D eigenvalue weighted by molar-refractivity contribution is 9.10. The second-order valence-corrected chi connectivity index (χ2v) is 7.45. The second kappa shape index (κ2) is 7.34. The van der Waals surface area contributed by atoms with Crippen LogP contribution in [0.2, 0.25) is 0 Å². The Bertz CT molecular complexity index is 643. The summed E-state index contributed by atoms with van der Waals surface area (Å²) >= 11 is 5.11. The third kappa shape index (κ3) is 4.37. The van der Waals surface area contributed by atoms with Crippen molar-refractivity contribution in [1.82, 2.24) is 4.90 Å². The standard InChI is InChI=1S/C18H18BrNOS/c19-15-6-4-5-14(11-15)12-20(16-9-10-16)18(21)13-22-17-7-2-1-3-8-17/h1-8,11,16H,9-10,12-13H2. The predicted molar refractivity (Wildman–Crippen MR) is 94.9 cm³/mol. The zero-order chi connectivity index (χ0) is 15.4. The number of thioether (sulfide) groups is 1. The van der Waals surface area contributed by atoms with Gasteiger partial charge < -0.3 is 4.90 Å². The number of rotatable bonds is 6. The van der Waals surface area contributed by atoms with Gasteiger partial charge in [-0.3, -0.25) is 4.79 Å². The minimum absolute atomic E-state index is 0.233. The molecule has 0 bridgehead atoms. The molecule has 2 nitrogen and oxygen atoms in total. The third-order valence-corrected chi connectivity index (χ3v) is 5.15. The molecule has 0 aliphatic heterocycles. The lowest BCUT2D eigenvalue weighted by atomic mass is 10.2. The van der Waals surface area contributed by atoms with E-state index in [1.807, 2.05) is 47.4 Å². The summed E-state index contributed by atoms with van der Waals surface area (Å²) in [4.78, 5) is 15.8. The average Bonchev–Trinajstić information content (AvgIpc) is 3.36. The van der Waals surface area contributed by atoms with Crippen LogP contribution in [0.4, 0.5) is 0 Å². The number of halogens is 1. The molecule has 0 radical (unpaired) electrons. The number of carbonyl (C=O) groups excluding carboxylic acids is 1. The normalized spacial score (nSPS) is 13.9. The molecular weight excluding hydrogens is 358 g/mol. The zero-order valence-electron chi connectivity index (χ0n) is 12.2. The van der Waals surface area contributed by atoms with E-state index in [0.29, 0.717) is 18.3 Å². The predicted octanol–water partition coefficient (Wildman–Crippen LogP) is 4.73. The highest BCUT2D eigenvalue weighted by Crippen LogP contribution is 2.30. The average molecular weight is 376 g/mol. The Labute approximate surface area is 144 Å². The highest BCUT2D eigenvalue weighted by atomic mass is 79.9. The van der Waals surface area contributed by atoms with Gasteiger partial charge in [0.1, 0.15) is 0 Å². The summed E-state index contributed by atoms with van der Waals surface area (Å²) in [6.07, 6.45) is 2.27. The first-order valence-corrected chi connectivity index (χ1v) is 9.22. The second-order valence-electron chi connectivity index (χ2n) is 5.48. The first kappa shape index (κ1) is 15.6. The number of hydrogen-bond donors (Lipinski definition) is 0. The van der Waals surface area contributed by atoms with E-state index < -0.39 is 0 Å². The Morgan fingerprint density at radius 2 is 1.91 bits per heavy atom. The summed E-state index contributed by atoms with van der Waals surface area (Å²) in [6.45, 7) is 0.707. The molecule has 0 N–H and O–H groups in total. The first-order chi connectivity index (χ1) is 10.7. The van der Waals surface area contributed by atoms with Crippen LogP contribution in [0.5, 0.6) is 0 Å². The highest BCUT2D eigenvalue weighted by Gasteiger charge is 2.32. The van der Waals surface area contributed by atoms with E-state index in [2.05, 4.69) is 28.1 Å². The summed E-state index contributed by atoms with van der Waals surface area (Å²) in [5.41, 5.74) is 1.18. The zero-order valence-corrected chi connectivity index (χ0v) is 14.6. The van der Waals surface area contributed by atoms with Gasteiger partial charge in [-0.1, -0.05) is 46.3 Å². The molecule has 1 aliphatic rings. The Morgan fingerprint density at radius 3 is 2.59 bits per heavy atom. The molecule has 3 rings (SSSR count). The Morgan fingerprint density at radius 1 is 1.14 bits per heavy atom. The van der Waals surface area contributed by atoms with Crippen molar-refractivity contribution in [2.75, 3.05) is 5.75 Å².